The third-order valence-corrected chi connectivity index (χ3v) is 3.00. The first-order valence-electron chi connectivity index (χ1n) is 5.47. The zero-order valence-corrected chi connectivity index (χ0v) is 10.7. The molecule has 18 heavy (non-hydrogen) atoms. The monoisotopic (exact) mass is 260 g/mol. The summed E-state index contributed by atoms with van der Waals surface area (Å²) in [5, 5.41) is 0.443. The standard InChI is InChI=1S/C14H13ClN2O/c1-17(11-6-4-5-10(16)9-11)14(18)12-7-2-3-8-13(12)15/h2-9H,16H2,1H3. The maximum absolute atomic E-state index is 12.3. The summed E-state index contributed by atoms with van der Waals surface area (Å²) < 4.78 is 0. The second-order valence-electron chi connectivity index (χ2n) is 3.94. The Morgan fingerprint density at radius 1 is 1.17 bits per heavy atom. The molecule has 2 N–H and O–H groups in total. The molecule has 0 aliphatic carbocycles. The predicted octanol–water partition coefficient (Wildman–Crippen LogP) is 3.20. The molecule has 0 saturated carbocycles. The molecule has 2 rings (SSSR count). The van der Waals surface area contributed by atoms with Crippen molar-refractivity contribution in [2.45, 2.75) is 0 Å². The number of benzene rings is 2. The minimum absolute atomic E-state index is 0.161. The lowest BCUT2D eigenvalue weighted by Crippen LogP contribution is -2.26. The van der Waals surface area contributed by atoms with Crippen LogP contribution in [0.5, 0.6) is 0 Å². The van der Waals surface area contributed by atoms with Crippen LogP contribution < -0.4 is 10.6 Å². The Bertz CT molecular complexity index is 584. The van der Waals surface area contributed by atoms with Crippen molar-refractivity contribution in [1.29, 1.82) is 0 Å². The molecule has 0 atom stereocenters. The minimum Gasteiger partial charge on any atom is -0.399 e. The van der Waals surface area contributed by atoms with E-state index in [4.69, 9.17) is 17.3 Å². The third-order valence-electron chi connectivity index (χ3n) is 2.67. The van der Waals surface area contributed by atoms with Gasteiger partial charge in [0.2, 0.25) is 0 Å². The Morgan fingerprint density at radius 2 is 1.89 bits per heavy atom. The van der Waals surface area contributed by atoms with Crippen molar-refractivity contribution in [2.75, 3.05) is 17.7 Å². The van der Waals surface area contributed by atoms with Gasteiger partial charge < -0.3 is 10.6 Å². The average Bonchev–Trinajstić information content (AvgIpc) is 2.37. The Morgan fingerprint density at radius 3 is 2.56 bits per heavy atom. The number of nitrogen functional groups attached to an aromatic ring is 1. The van der Waals surface area contributed by atoms with Crippen LogP contribution in [0.3, 0.4) is 0 Å². The molecular formula is C14H13ClN2O. The van der Waals surface area contributed by atoms with E-state index >= 15 is 0 Å². The highest BCUT2D eigenvalue weighted by Gasteiger charge is 2.15. The van der Waals surface area contributed by atoms with Gasteiger partial charge in [0, 0.05) is 18.4 Å². The molecule has 0 aliphatic rings. The molecule has 3 nitrogen and oxygen atoms in total. The van der Waals surface area contributed by atoms with Gasteiger partial charge in [0.25, 0.3) is 5.91 Å². The van der Waals surface area contributed by atoms with Crippen molar-refractivity contribution < 1.29 is 4.79 Å². The number of carbonyl (C=O) groups is 1. The van der Waals surface area contributed by atoms with Gasteiger partial charge in [-0.15, -0.1) is 0 Å². The molecule has 0 aliphatic heterocycles. The van der Waals surface area contributed by atoms with Crippen LogP contribution in [0.25, 0.3) is 0 Å². The van der Waals surface area contributed by atoms with Crippen LogP contribution in [0.4, 0.5) is 11.4 Å². The largest absolute Gasteiger partial charge is 0.399 e. The van der Waals surface area contributed by atoms with E-state index < -0.39 is 0 Å². The highest BCUT2D eigenvalue weighted by Crippen LogP contribution is 2.21. The number of hydrogen-bond acceptors (Lipinski definition) is 2. The van der Waals surface area contributed by atoms with Crippen molar-refractivity contribution in [3.05, 3.63) is 59.1 Å². The van der Waals surface area contributed by atoms with Gasteiger partial charge in [-0.05, 0) is 30.3 Å². The smallest absolute Gasteiger partial charge is 0.259 e. The van der Waals surface area contributed by atoms with E-state index in [2.05, 4.69) is 0 Å². The van der Waals surface area contributed by atoms with Crippen LogP contribution in [-0.4, -0.2) is 13.0 Å². The molecular weight excluding hydrogens is 248 g/mol. The number of carbonyl (C=O) groups excluding carboxylic acids is 1. The van der Waals surface area contributed by atoms with Crippen molar-refractivity contribution in [3.8, 4) is 0 Å². The third kappa shape index (κ3) is 2.46. The fraction of sp³-hybridized carbons (Fsp3) is 0.0714. The maximum Gasteiger partial charge on any atom is 0.259 e. The number of nitrogens with two attached hydrogens (primary N) is 1. The summed E-state index contributed by atoms with van der Waals surface area (Å²) in [4.78, 5) is 13.8. The average molecular weight is 261 g/mol. The van der Waals surface area contributed by atoms with Gasteiger partial charge in [-0.1, -0.05) is 29.8 Å². The first-order chi connectivity index (χ1) is 8.59. The zero-order chi connectivity index (χ0) is 13.1. The fourth-order valence-electron chi connectivity index (χ4n) is 1.67. The molecule has 0 fully saturated rings. The second-order valence-corrected chi connectivity index (χ2v) is 4.35. The molecule has 0 aromatic heterocycles. The molecule has 0 unspecified atom stereocenters. The van der Waals surface area contributed by atoms with Crippen molar-refractivity contribution >= 4 is 28.9 Å². The number of nitrogens with zero attached hydrogens (tertiary/aromatic N) is 1. The van der Waals surface area contributed by atoms with Crippen LogP contribution in [0.2, 0.25) is 5.02 Å². The van der Waals surface area contributed by atoms with E-state index in [-0.39, 0.29) is 5.91 Å². The quantitative estimate of drug-likeness (QED) is 0.843. The van der Waals surface area contributed by atoms with Gasteiger partial charge in [0.1, 0.15) is 0 Å². The molecule has 92 valence electrons. The molecule has 2 aromatic carbocycles. The normalized spacial score (nSPS) is 10.1. The molecule has 4 heteroatoms. The van der Waals surface area contributed by atoms with E-state index in [1.807, 2.05) is 6.07 Å². The van der Waals surface area contributed by atoms with Gasteiger partial charge in [-0.3, -0.25) is 4.79 Å². The summed E-state index contributed by atoms with van der Waals surface area (Å²) >= 11 is 6.01. The Hall–Kier alpha value is -2.00. The summed E-state index contributed by atoms with van der Waals surface area (Å²) in [5.74, 6) is -0.161. The first kappa shape index (κ1) is 12.5. The molecule has 0 heterocycles. The lowest BCUT2D eigenvalue weighted by atomic mass is 10.2. The number of amides is 1. The highest BCUT2D eigenvalue weighted by molar-refractivity contribution is 6.34. The number of hydrogen-bond donors (Lipinski definition) is 1. The Labute approximate surface area is 111 Å². The molecule has 0 spiro atoms. The summed E-state index contributed by atoms with van der Waals surface area (Å²) in [6.07, 6.45) is 0. The van der Waals surface area contributed by atoms with Crippen LogP contribution in [-0.2, 0) is 0 Å². The lowest BCUT2D eigenvalue weighted by molar-refractivity contribution is 0.0993. The van der Waals surface area contributed by atoms with Crippen molar-refractivity contribution in [3.63, 3.8) is 0 Å². The SMILES string of the molecule is CN(C(=O)c1ccccc1Cl)c1cccc(N)c1. The number of halogens is 1. The van der Waals surface area contributed by atoms with Crippen LogP contribution in [0, 0.1) is 0 Å². The maximum atomic E-state index is 12.3. The molecule has 0 radical (unpaired) electrons. The summed E-state index contributed by atoms with van der Waals surface area (Å²) in [7, 11) is 1.69. The topological polar surface area (TPSA) is 46.3 Å². The van der Waals surface area contributed by atoms with E-state index in [9.17, 15) is 4.79 Å². The molecule has 1 amide bonds. The highest BCUT2D eigenvalue weighted by atomic mass is 35.5. The minimum atomic E-state index is -0.161. The van der Waals surface area contributed by atoms with Crippen LogP contribution in [0.1, 0.15) is 10.4 Å². The number of anilines is 2. The van der Waals surface area contributed by atoms with Gasteiger partial charge in [0.05, 0.1) is 10.6 Å². The Kier molecular flexibility index (Phi) is 3.53. The van der Waals surface area contributed by atoms with Crippen molar-refractivity contribution in [2.24, 2.45) is 0 Å². The molecule has 0 saturated heterocycles. The van der Waals surface area contributed by atoms with Gasteiger partial charge >= 0.3 is 0 Å². The van der Waals surface area contributed by atoms with Gasteiger partial charge in [-0.2, -0.15) is 0 Å². The van der Waals surface area contributed by atoms with Gasteiger partial charge in [-0.25, -0.2) is 0 Å². The van der Waals surface area contributed by atoms with Crippen LogP contribution >= 0.6 is 11.6 Å². The number of rotatable bonds is 2. The Balaban J connectivity index is 2.32. The second kappa shape index (κ2) is 5.10. The molecule has 2 aromatic rings. The zero-order valence-electron chi connectivity index (χ0n) is 9.93. The van der Waals surface area contributed by atoms with Crippen LogP contribution in [0.15, 0.2) is 48.5 Å². The van der Waals surface area contributed by atoms with Gasteiger partial charge in [0.15, 0.2) is 0 Å². The summed E-state index contributed by atoms with van der Waals surface area (Å²) in [5.41, 5.74) is 7.53. The lowest BCUT2D eigenvalue weighted by Gasteiger charge is -2.18. The van der Waals surface area contributed by atoms with E-state index in [0.29, 0.717) is 16.3 Å². The molecule has 0 bridgehead atoms. The van der Waals surface area contributed by atoms with E-state index in [1.165, 1.54) is 4.90 Å². The summed E-state index contributed by atoms with van der Waals surface area (Å²) in [6, 6.07) is 14.1. The van der Waals surface area contributed by atoms with E-state index in [0.717, 1.165) is 5.69 Å². The van der Waals surface area contributed by atoms with Crippen molar-refractivity contribution in [1.82, 2.24) is 0 Å². The predicted molar refractivity (Wildman–Crippen MR) is 75.0 cm³/mol. The first-order valence-corrected chi connectivity index (χ1v) is 5.85. The fourth-order valence-corrected chi connectivity index (χ4v) is 1.88. The van der Waals surface area contributed by atoms with E-state index in [1.54, 1.807) is 49.5 Å². The summed E-state index contributed by atoms with van der Waals surface area (Å²) in [6.45, 7) is 0.